The third kappa shape index (κ3) is 2.25. The molecular weight excluding hydrogens is 264 g/mol. The zero-order valence-corrected chi connectivity index (χ0v) is 12.9. The fourth-order valence-corrected chi connectivity index (χ4v) is 3.73. The lowest BCUT2D eigenvalue weighted by Gasteiger charge is -2.27. The van der Waals surface area contributed by atoms with Gasteiger partial charge in [0.15, 0.2) is 0 Å². The SMILES string of the molecule is CC1=C(C2=Cc3ccccc3C(c3ccccc3)C2)CC=C1. The monoisotopic (exact) mass is 284 g/mol. The summed E-state index contributed by atoms with van der Waals surface area (Å²) in [5.74, 6) is 0.471. The molecule has 2 aliphatic rings. The second-order valence-electron chi connectivity index (χ2n) is 6.23. The van der Waals surface area contributed by atoms with E-state index in [1.54, 1.807) is 0 Å². The summed E-state index contributed by atoms with van der Waals surface area (Å²) in [5.41, 5.74) is 8.72. The molecule has 0 fully saturated rings. The van der Waals surface area contributed by atoms with Gasteiger partial charge in [-0.15, -0.1) is 0 Å². The van der Waals surface area contributed by atoms with Crippen molar-refractivity contribution in [2.45, 2.75) is 25.7 Å². The maximum absolute atomic E-state index is 2.40. The Morgan fingerprint density at radius 1 is 0.909 bits per heavy atom. The van der Waals surface area contributed by atoms with Gasteiger partial charge < -0.3 is 0 Å². The first-order chi connectivity index (χ1) is 10.8. The first-order valence-electron chi connectivity index (χ1n) is 8.04. The van der Waals surface area contributed by atoms with Gasteiger partial charge in [0.05, 0.1) is 0 Å². The summed E-state index contributed by atoms with van der Waals surface area (Å²) in [5, 5.41) is 0. The van der Waals surface area contributed by atoms with Crippen molar-refractivity contribution in [2.24, 2.45) is 0 Å². The topological polar surface area (TPSA) is 0 Å². The minimum atomic E-state index is 0.471. The molecule has 0 amide bonds. The van der Waals surface area contributed by atoms with Gasteiger partial charge >= 0.3 is 0 Å². The van der Waals surface area contributed by atoms with Crippen molar-refractivity contribution in [3.05, 3.63) is 100 Å². The number of rotatable bonds is 2. The smallest absolute Gasteiger partial charge is 0.0136 e. The minimum absolute atomic E-state index is 0.471. The molecule has 4 rings (SSSR count). The van der Waals surface area contributed by atoms with Crippen LogP contribution in [-0.2, 0) is 0 Å². The highest BCUT2D eigenvalue weighted by Gasteiger charge is 2.24. The molecule has 1 atom stereocenters. The molecule has 0 saturated heterocycles. The van der Waals surface area contributed by atoms with Crippen molar-refractivity contribution < 1.29 is 0 Å². The Kier molecular flexibility index (Phi) is 3.31. The molecule has 0 N–H and O–H groups in total. The molecule has 108 valence electrons. The van der Waals surface area contributed by atoms with Crippen molar-refractivity contribution >= 4 is 6.08 Å². The lowest BCUT2D eigenvalue weighted by molar-refractivity contribution is 0.786. The van der Waals surface area contributed by atoms with Crippen LogP contribution in [0.4, 0.5) is 0 Å². The van der Waals surface area contributed by atoms with Gasteiger partial charge in [-0.25, -0.2) is 0 Å². The van der Waals surface area contributed by atoms with Gasteiger partial charge in [-0.2, -0.15) is 0 Å². The van der Waals surface area contributed by atoms with Crippen LogP contribution in [0.3, 0.4) is 0 Å². The van der Waals surface area contributed by atoms with Gasteiger partial charge in [0.2, 0.25) is 0 Å². The first-order valence-corrected chi connectivity index (χ1v) is 8.04. The number of fused-ring (bicyclic) bond motifs is 1. The lowest BCUT2D eigenvalue weighted by atomic mass is 9.77. The van der Waals surface area contributed by atoms with Crippen LogP contribution in [0.25, 0.3) is 6.08 Å². The number of benzene rings is 2. The van der Waals surface area contributed by atoms with Gasteiger partial charge in [0.25, 0.3) is 0 Å². The summed E-state index contributed by atoms with van der Waals surface area (Å²) in [6.45, 7) is 2.23. The fraction of sp³-hybridized carbons (Fsp3) is 0.182. The van der Waals surface area contributed by atoms with Crippen LogP contribution >= 0.6 is 0 Å². The highest BCUT2D eigenvalue weighted by molar-refractivity contribution is 5.68. The van der Waals surface area contributed by atoms with Crippen LogP contribution in [-0.4, -0.2) is 0 Å². The second kappa shape index (κ2) is 5.46. The molecule has 0 heterocycles. The van der Waals surface area contributed by atoms with Gasteiger partial charge in [0, 0.05) is 5.92 Å². The van der Waals surface area contributed by atoms with Gasteiger partial charge in [0.1, 0.15) is 0 Å². The minimum Gasteiger partial charge on any atom is -0.0798 e. The largest absolute Gasteiger partial charge is 0.0798 e. The van der Waals surface area contributed by atoms with Crippen LogP contribution in [0.15, 0.2) is 83.5 Å². The van der Waals surface area contributed by atoms with Crippen LogP contribution in [0.5, 0.6) is 0 Å². The standard InChI is InChI=1S/C22H20/c1-16-8-7-13-20(16)19-14-18-11-5-6-12-21(18)22(15-19)17-9-3-2-4-10-17/h2-12,14,22H,13,15H2,1H3. The predicted molar refractivity (Wildman–Crippen MR) is 93.8 cm³/mol. The quantitative estimate of drug-likeness (QED) is 0.645. The third-order valence-electron chi connectivity index (χ3n) is 4.88. The number of hydrogen-bond donors (Lipinski definition) is 0. The highest BCUT2D eigenvalue weighted by Crippen LogP contribution is 2.42. The van der Waals surface area contributed by atoms with Crippen LogP contribution in [0.1, 0.15) is 42.4 Å². The summed E-state index contributed by atoms with van der Waals surface area (Å²) in [6, 6.07) is 19.8. The fourth-order valence-electron chi connectivity index (χ4n) is 3.73. The van der Waals surface area contributed by atoms with Crippen molar-refractivity contribution in [2.75, 3.05) is 0 Å². The van der Waals surface area contributed by atoms with Gasteiger partial charge in [-0.05, 0) is 53.2 Å². The zero-order chi connectivity index (χ0) is 14.9. The molecule has 2 aromatic rings. The normalized spacial score (nSPS) is 20.0. The van der Waals surface area contributed by atoms with E-state index in [0.717, 1.165) is 12.8 Å². The average molecular weight is 284 g/mol. The molecule has 0 heteroatoms. The predicted octanol–water partition coefficient (Wildman–Crippen LogP) is 5.88. The van der Waals surface area contributed by atoms with Crippen molar-refractivity contribution in [1.29, 1.82) is 0 Å². The summed E-state index contributed by atoms with van der Waals surface area (Å²) in [6.07, 6.45) is 9.13. The Hall–Kier alpha value is -2.34. The molecule has 0 aromatic heterocycles. The Balaban J connectivity index is 1.82. The van der Waals surface area contributed by atoms with Crippen molar-refractivity contribution in [1.82, 2.24) is 0 Å². The lowest BCUT2D eigenvalue weighted by Crippen LogP contribution is -2.10. The van der Waals surface area contributed by atoms with Crippen LogP contribution < -0.4 is 0 Å². The first kappa shape index (κ1) is 13.3. The molecule has 0 spiro atoms. The van der Waals surface area contributed by atoms with E-state index in [0.29, 0.717) is 5.92 Å². The molecule has 0 radical (unpaired) electrons. The summed E-state index contributed by atoms with van der Waals surface area (Å²) in [4.78, 5) is 0. The van der Waals surface area contributed by atoms with Crippen molar-refractivity contribution in [3.8, 4) is 0 Å². The molecule has 0 saturated carbocycles. The van der Waals surface area contributed by atoms with E-state index >= 15 is 0 Å². The summed E-state index contributed by atoms with van der Waals surface area (Å²) < 4.78 is 0. The third-order valence-corrected chi connectivity index (χ3v) is 4.88. The Morgan fingerprint density at radius 2 is 1.68 bits per heavy atom. The van der Waals surface area contributed by atoms with E-state index in [1.807, 2.05) is 0 Å². The van der Waals surface area contributed by atoms with E-state index in [1.165, 1.54) is 33.4 Å². The van der Waals surface area contributed by atoms with E-state index in [4.69, 9.17) is 0 Å². The number of hydrogen-bond acceptors (Lipinski definition) is 0. The maximum Gasteiger partial charge on any atom is 0.0136 e. The van der Waals surface area contributed by atoms with Gasteiger partial charge in [-0.1, -0.05) is 72.8 Å². The Morgan fingerprint density at radius 3 is 2.45 bits per heavy atom. The van der Waals surface area contributed by atoms with Crippen molar-refractivity contribution in [3.63, 3.8) is 0 Å². The van der Waals surface area contributed by atoms with E-state index in [2.05, 4.69) is 79.7 Å². The second-order valence-corrected chi connectivity index (χ2v) is 6.23. The summed E-state index contributed by atoms with van der Waals surface area (Å²) >= 11 is 0. The molecule has 0 bridgehead atoms. The molecule has 1 unspecified atom stereocenters. The Labute approximate surface area is 132 Å². The molecule has 22 heavy (non-hydrogen) atoms. The average Bonchev–Trinajstić information content (AvgIpc) is 3.01. The molecule has 2 aromatic carbocycles. The maximum atomic E-state index is 2.40. The van der Waals surface area contributed by atoms with Crippen LogP contribution in [0.2, 0.25) is 0 Å². The molecule has 0 nitrogen and oxygen atoms in total. The van der Waals surface area contributed by atoms with E-state index in [-0.39, 0.29) is 0 Å². The van der Waals surface area contributed by atoms with E-state index < -0.39 is 0 Å². The Bertz CT molecular complexity index is 788. The van der Waals surface area contributed by atoms with Crippen LogP contribution in [0, 0.1) is 0 Å². The molecule has 2 aliphatic carbocycles. The highest BCUT2D eigenvalue weighted by atomic mass is 14.3. The summed E-state index contributed by atoms with van der Waals surface area (Å²) in [7, 11) is 0. The zero-order valence-electron chi connectivity index (χ0n) is 12.9. The number of allylic oxidation sites excluding steroid dienone is 5. The van der Waals surface area contributed by atoms with E-state index in [9.17, 15) is 0 Å². The molecule has 0 aliphatic heterocycles. The molecular formula is C22H20. The van der Waals surface area contributed by atoms with Gasteiger partial charge in [-0.3, -0.25) is 0 Å².